The van der Waals surface area contributed by atoms with Crippen LogP contribution in [-0.4, -0.2) is 37.6 Å². The number of aromatic nitrogens is 4. The van der Waals surface area contributed by atoms with Gasteiger partial charge in [-0.05, 0) is 32.4 Å². The summed E-state index contributed by atoms with van der Waals surface area (Å²) in [5, 5.41) is 9.33. The van der Waals surface area contributed by atoms with Crippen LogP contribution in [0.2, 0.25) is 0 Å². The zero-order chi connectivity index (χ0) is 15.8. The molecule has 0 saturated carbocycles. The lowest BCUT2D eigenvalue weighted by atomic mass is 9.94. The van der Waals surface area contributed by atoms with Gasteiger partial charge in [-0.2, -0.15) is 5.10 Å². The van der Waals surface area contributed by atoms with E-state index in [1.165, 1.54) is 17.8 Å². The lowest BCUT2D eigenvalue weighted by Gasteiger charge is -2.31. The first-order valence-electron chi connectivity index (χ1n) is 7.89. The van der Waals surface area contributed by atoms with Gasteiger partial charge in [-0.3, -0.25) is 19.2 Å². The average Bonchev–Trinajstić information content (AvgIpc) is 3.16. The molecule has 4 rings (SSSR count). The topological polar surface area (TPSA) is 66.3 Å². The minimum atomic E-state index is 0.00253. The van der Waals surface area contributed by atoms with Crippen molar-refractivity contribution in [3.8, 4) is 0 Å². The van der Waals surface area contributed by atoms with Crippen molar-refractivity contribution in [2.24, 2.45) is 0 Å². The van der Waals surface area contributed by atoms with E-state index in [2.05, 4.69) is 26.1 Å². The zero-order valence-corrected chi connectivity index (χ0v) is 13.8. The van der Waals surface area contributed by atoms with Crippen LogP contribution in [-0.2, 0) is 6.54 Å². The minimum absolute atomic E-state index is 0.00253. The fourth-order valence-electron chi connectivity index (χ4n) is 3.29. The number of fused-ring (bicyclic) bond motifs is 1. The van der Waals surface area contributed by atoms with Crippen LogP contribution in [0.15, 0.2) is 28.5 Å². The number of nitrogens with one attached hydrogen (secondary N) is 1. The van der Waals surface area contributed by atoms with Crippen molar-refractivity contribution in [1.82, 2.24) is 24.5 Å². The summed E-state index contributed by atoms with van der Waals surface area (Å²) >= 11 is 1.50. The Morgan fingerprint density at radius 2 is 2.35 bits per heavy atom. The summed E-state index contributed by atoms with van der Waals surface area (Å²) in [7, 11) is 0. The van der Waals surface area contributed by atoms with Crippen molar-refractivity contribution in [2.75, 3.05) is 13.1 Å². The number of thiazole rings is 1. The molecule has 3 aromatic rings. The molecule has 3 aromatic heterocycles. The molecule has 1 aliphatic heterocycles. The number of aryl methyl sites for hydroxylation is 1. The summed E-state index contributed by atoms with van der Waals surface area (Å²) in [6, 6.07) is 3.79. The van der Waals surface area contributed by atoms with Gasteiger partial charge in [-0.1, -0.05) is 0 Å². The van der Waals surface area contributed by atoms with Crippen LogP contribution in [0.4, 0.5) is 0 Å². The molecule has 0 spiro atoms. The average molecular weight is 329 g/mol. The molecule has 1 saturated heterocycles. The molecule has 1 N–H and O–H groups in total. The summed E-state index contributed by atoms with van der Waals surface area (Å²) in [5.41, 5.74) is 3.11. The molecule has 7 heteroatoms. The molecule has 23 heavy (non-hydrogen) atoms. The van der Waals surface area contributed by atoms with Crippen LogP contribution in [0.3, 0.4) is 0 Å². The van der Waals surface area contributed by atoms with Gasteiger partial charge in [0.2, 0.25) is 0 Å². The lowest BCUT2D eigenvalue weighted by molar-refractivity contribution is 0.196. The Kier molecular flexibility index (Phi) is 3.74. The quantitative estimate of drug-likeness (QED) is 0.800. The standard InChI is InChI=1S/C16H19N5OS/c1-11-7-14(19-18-11)12-3-2-4-20(9-12)10-13-8-15(22)21-5-6-23-16(21)17-13/h5-8,12H,2-4,9-10H2,1H3,(H,18,19)/t12-/m0/s1. The molecule has 0 aromatic carbocycles. The third kappa shape index (κ3) is 2.94. The van der Waals surface area contributed by atoms with Crippen LogP contribution in [0, 0.1) is 6.92 Å². The van der Waals surface area contributed by atoms with Gasteiger partial charge < -0.3 is 0 Å². The SMILES string of the molecule is Cc1cc([C@H]2CCCN(Cc3cc(=O)n4ccsc4n3)C2)n[nH]1. The maximum absolute atomic E-state index is 12.1. The number of H-pyrrole nitrogens is 1. The monoisotopic (exact) mass is 329 g/mol. The number of likely N-dealkylation sites (tertiary alicyclic amines) is 1. The van der Waals surface area contributed by atoms with Crippen LogP contribution in [0.25, 0.3) is 4.96 Å². The van der Waals surface area contributed by atoms with E-state index in [4.69, 9.17) is 0 Å². The van der Waals surface area contributed by atoms with Crippen molar-refractivity contribution in [1.29, 1.82) is 0 Å². The summed E-state index contributed by atoms with van der Waals surface area (Å²) in [4.78, 5) is 19.8. The van der Waals surface area contributed by atoms with E-state index < -0.39 is 0 Å². The molecule has 0 aliphatic carbocycles. The van der Waals surface area contributed by atoms with E-state index in [0.29, 0.717) is 5.92 Å². The number of piperidine rings is 1. The summed E-state index contributed by atoms with van der Waals surface area (Å²) < 4.78 is 1.60. The highest BCUT2D eigenvalue weighted by molar-refractivity contribution is 7.15. The maximum Gasteiger partial charge on any atom is 0.258 e. The third-order valence-electron chi connectivity index (χ3n) is 4.39. The molecule has 4 heterocycles. The fraction of sp³-hybridized carbons (Fsp3) is 0.438. The molecule has 0 unspecified atom stereocenters. The molecule has 6 nitrogen and oxygen atoms in total. The van der Waals surface area contributed by atoms with Gasteiger partial charge in [0.05, 0.1) is 11.4 Å². The van der Waals surface area contributed by atoms with Crippen LogP contribution in [0.1, 0.15) is 35.8 Å². The van der Waals surface area contributed by atoms with Crippen LogP contribution >= 0.6 is 11.3 Å². The molecular weight excluding hydrogens is 310 g/mol. The molecule has 1 atom stereocenters. The second-order valence-corrected chi connectivity index (χ2v) is 7.06. The van der Waals surface area contributed by atoms with Gasteiger partial charge in [0.1, 0.15) is 0 Å². The Morgan fingerprint density at radius 3 is 3.17 bits per heavy atom. The Bertz CT molecular complexity index is 880. The van der Waals surface area contributed by atoms with E-state index in [1.54, 1.807) is 16.7 Å². The van der Waals surface area contributed by atoms with Crippen molar-refractivity contribution in [3.63, 3.8) is 0 Å². The molecule has 0 bridgehead atoms. The van der Waals surface area contributed by atoms with Gasteiger partial charge in [-0.25, -0.2) is 4.98 Å². The first kappa shape index (κ1) is 14.6. The van der Waals surface area contributed by atoms with Gasteiger partial charge >= 0.3 is 0 Å². The largest absolute Gasteiger partial charge is 0.297 e. The Labute approximate surface area is 137 Å². The predicted octanol–water partition coefficient (Wildman–Crippen LogP) is 2.17. The van der Waals surface area contributed by atoms with Crippen molar-refractivity contribution < 1.29 is 0 Å². The van der Waals surface area contributed by atoms with Crippen LogP contribution < -0.4 is 5.56 Å². The summed E-state index contributed by atoms with van der Waals surface area (Å²) in [5.74, 6) is 0.459. The van der Waals surface area contributed by atoms with Gasteiger partial charge in [-0.15, -0.1) is 11.3 Å². The number of aromatic amines is 1. The molecule has 1 fully saturated rings. The third-order valence-corrected chi connectivity index (χ3v) is 5.15. The van der Waals surface area contributed by atoms with Crippen molar-refractivity contribution in [2.45, 2.75) is 32.2 Å². The summed E-state index contributed by atoms with van der Waals surface area (Å²) in [6.07, 6.45) is 4.09. The Balaban J connectivity index is 1.52. The van der Waals surface area contributed by atoms with Crippen LogP contribution in [0.5, 0.6) is 0 Å². The first-order valence-corrected chi connectivity index (χ1v) is 8.77. The molecule has 120 valence electrons. The van der Waals surface area contributed by atoms with Gasteiger partial charge in [0.15, 0.2) is 4.96 Å². The number of hydrogen-bond donors (Lipinski definition) is 1. The maximum atomic E-state index is 12.1. The highest BCUT2D eigenvalue weighted by Gasteiger charge is 2.23. The van der Waals surface area contributed by atoms with E-state index in [0.717, 1.165) is 48.1 Å². The second-order valence-electron chi connectivity index (χ2n) is 6.19. The Morgan fingerprint density at radius 1 is 1.43 bits per heavy atom. The first-order chi connectivity index (χ1) is 11.2. The molecule has 0 radical (unpaired) electrons. The van der Waals surface area contributed by atoms with Crippen molar-refractivity contribution >= 4 is 16.3 Å². The predicted molar refractivity (Wildman–Crippen MR) is 89.9 cm³/mol. The summed E-state index contributed by atoms with van der Waals surface area (Å²) in [6.45, 7) is 4.77. The molecular formula is C16H19N5OS. The fourth-order valence-corrected chi connectivity index (χ4v) is 4.03. The normalized spacial score (nSPS) is 19.4. The lowest BCUT2D eigenvalue weighted by Crippen LogP contribution is -2.34. The highest BCUT2D eigenvalue weighted by Crippen LogP contribution is 2.26. The van der Waals surface area contributed by atoms with E-state index >= 15 is 0 Å². The molecule has 1 aliphatic rings. The van der Waals surface area contributed by atoms with Gasteiger partial charge in [0, 0.05) is 42.3 Å². The molecule has 0 amide bonds. The van der Waals surface area contributed by atoms with Crippen molar-refractivity contribution in [3.05, 3.63) is 51.1 Å². The van der Waals surface area contributed by atoms with E-state index in [9.17, 15) is 4.79 Å². The number of hydrogen-bond acceptors (Lipinski definition) is 5. The Hall–Kier alpha value is -1.99. The van der Waals surface area contributed by atoms with E-state index in [1.807, 2.05) is 12.3 Å². The van der Waals surface area contributed by atoms with E-state index in [-0.39, 0.29) is 5.56 Å². The second kappa shape index (κ2) is 5.90. The number of rotatable bonds is 3. The zero-order valence-electron chi connectivity index (χ0n) is 13.0. The highest BCUT2D eigenvalue weighted by atomic mass is 32.1. The number of nitrogens with zero attached hydrogens (tertiary/aromatic N) is 4. The minimum Gasteiger partial charge on any atom is -0.297 e. The smallest absolute Gasteiger partial charge is 0.258 e. The van der Waals surface area contributed by atoms with Gasteiger partial charge in [0.25, 0.3) is 5.56 Å².